The Kier molecular flexibility index (Phi) is 4.73. The zero-order valence-corrected chi connectivity index (χ0v) is 10.8. The van der Waals surface area contributed by atoms with Crippen molar-refractivity contribution in [3.63, 3.8) is 0 Å². The first-order valence-corrected chi connectivity index (χ1v) is 6.54. The van der Waals surface area contributed by atoms with Gasteiger partial charge in [0.25, 0.3) is 5.91 Å². The molecule has 0 spiro atoms. The summed E-state index contributed by atoms with van der Waals surface area (Å²) in [4.78, 5) is 12.0. The third-order valence-corrected chi connectivity index (χ3v) is 3.24. The molecule has 4 nitrogen and oxygen atoms in total. The van der Waals surface area contributed by atoms with Gasteiger partial charge in [-0.2, -0.15) is 0 Å². The molecule has 1 aromatic carbocycles. The number of hydrogen-bond donors (Lipinski definition) is 3. The molecule has 18 heavy (non-hydrogen) atoms. The second kappa shape index (κ2) is 6.52. The number of nitrogens with one attached hydrogen (secondary N) is 3. The van der Waals surface area contributed by atoms with Crippen molar-refractivity contribution in [2.45, 2.75) is 25.4 Å². The summed E-state index contributed by atoms with van der Waals surface area (Å²) < 4.78 is 0. The molecular weight excluding hydrogens is 226 g/mol. The summed E-state index contributed by atoms with van der Waals surface area (Å²) >= 11 is 0. The van der Waals surface area contributed by atoms with E-state index < -0.39 is 0 Å². The molecule has 0 aromatic heterocycles. The Morgan fingerprint density at radius 1 is 1.50 bits per heavy atom. The van der Waals surface area contributed by atoms with E-state index in [1.807, 2.05) is 31.3 Å². The van der Waals surface area contributed by atoms with E-state index in [0.717, 1.165) is 37.2 Å². The SMILES string of the molecule is CNCc1cccc(C(=O)NC[C@H]2CCCN2)c1. The molecule has 1 aromatic rings. The number of amides is 1. The minimum absolute atomic E-state index is 0.0154. The fraction of sp³-hybridized carbons (Fsp3) is 0.500. The Morgan fingerprint density at radius 3 is 3.11 bits per heavy atom. The van der Waals surface area contributed by atoms with E-state index >= 15 is 0 Å². The maximum absolute atomic E-state index is 12.0. The molecule has 98 valence electrons. The van der Waals surface area contributed by atoms with Crippen LogP contribution in [-0.2, 0) is 6.54 Å². The van der Waals surface area contributed by atoms with E-state index in [1.54, 1.807) is 0 Å². The quantitative estimate of drug-likeness (QED) is 0.724. The van der Waals surface area contributed by atoms with Gasteiger partial charge in [-0.25, -0.2) is 0 Å². The first kappa shape index (κ1) is 13.1. The van der Waals surface area contributed by atoms with E-state index in [2.05, 4.69) is 16.0 Å². The van der Waals surface area contributed by atoms with Crippen LogP contribution in [-0.4, -0.2) is 32.1 Å². The molecule has 0 radical (unpaired) electrons. The summed E-state index contributed by atoms with van der Waals surface area (Å²) in [5.74, 6) is 0.0154. The van der Waals surface area contributed by atoms with Gasteiger partial charge >= 0.3 is 0 Å². The molecule has 1 amide bonds. The van der Waals surface area contributed by atoms with Crippen molar-refractivity contribution in [3.8, 4) is 0 Å². The standard InChI is InChI=1S/C14H21N3O/c1-15-9-11-4-2-5-12(8-11)14(18)17-10-13-6-3-7-16-13/h2,4-5,8,13,15-16H,3,6-7,9-10H2,1H3,(H,17,18)/t13-/m1/s1. The van der Waals surface area contributed by atoms with Crippen molar-refractivity contribution >= 4 is 5.91 Å². The molecule has 0 unspecified atom stereocenters. The lowest BCUT2D eigenvalue weighted by molar-refractivity contribution is 0.0950. The predicted molar refractivity (Wildman–Crippen MR) is 72.6 cm³/mol. The lowest BCUT2D eigenvalue weighted by Crippen LogP contribution is -2.37. The highest BCUT2D eigenvalue weighted by Gasteiger charge is 2.15. The van der Waals surface area contributed by atoms with Gasteiger partial charge in [-0.15, -0.1) is 0 Å². The van der Waals surface area contributed by atoms with Crippen LogP contribution in [0.2, 0.25) is 0 Å². The van der Waals surface area contributed by atoms with Crippen LogP contribution >= 0.6 is 0 Å². The number of rotatable bonds is 5. The molecule has 1 aliphatic heterocycles. The van der Waals surface area contributed by atoms with Gasteiger partial charge in [-0.05, 0) is 44.1 Å². The predicted octanol–water partition coefficient (Wildman–Crippen LogP) is 0.888. The lowest BCUT2D eigenvalue weighted by Gasteiger charge is -2.12. The zero-order chi connectivity index (χ0) is 12.8. The largest absolute Gasteiger partial charge is 0.350 e. The minimum Gasteiger partial charge on any atom is -0.350 e. The summed E-state index contributed by atoms with van der Waals surface area (Å²) in [7, 11) is 1.90. The van der Waals surface area contributed by atoms with Crippen LogP contribution < -0.4 is 16.0 Å². The minimum atomic E-state index is 0.0154. The highest BCUT2D eigenvalue weighted by atomic mass is 16.1. The van der Waals surface area contributed by atoms with Gasteiger partial charge in [0, 0.05) is 24.7 Å². The molecular formula is C14H21N3O. The summed E-state index contributed by atoms with van der Waals surface area (Å²) in [6, 6.07) is 8.18. The third-order valence-electron chi connectivity index (χ3n) is 3.24. The van der Waals surface area contributed by atoms with Crippen LogP contribution in [0.3, 0.4) is 0 Å². The van der Waals surface area contributed by atoms with E-state index in [-0.39, 0.29) is 5.91 Å². The van der Waals surface area contributed by atoms with Gasteiger partial charge in [-0.1, -0.05) is 12.1 Å². The second-order valence-electron chi connectivity index (χ2n) is 4.73. The zero-order valence-electron chi connectivity index (χ0n) is 10.8. The topological polar surface area (TPSA) is 53.2 Å². The average molecular weight is 247 g/mol. The Morgan fingerprint density at radius 2 is 2.39 bits per heavy atom. The first-order chi connectivity index (χ1) is 8.79. The van der Waals surface area contributed by atoms with Crippen LogP contribution in [0.4, 0.5) is 0 Å². The molecule has 2 rings (SSSR count). The highest BCUT2D eigenvalue weighted by Crippen LogP contribution is 2.06. The van der Waals surface area contributed by atoms with E-state index in [9.17, 15) is 4.79 Å². The molecule has 1 atom stereocenters. The molecule has 0 bridgehead atoms. The van der Waals surface area contributed by atoms with Gasteiger partial charge < -0.3 is 16.0 Å². The molecule has 1 saturated heterocycles. The fourth-order valence-electron chi connectivity index (χ4n) is 2.28. The van der Waals surface area contributed by atoms with Crippen molar-refractivity contribution in [1.29, 1.82) is 0 Å². The van der Waals surface area contributed by atoms with Crippen LogP contribution in [0, 0.1) is 0 Å². The summed E-state index contributed by atoms with van der Waals surface area (Å²) in [6.45, 7) is 2.57. The van der Waals surface area contributed by atoms with Gasteiger partial charge in [0.05, 0.1) is 0 Å². The van der Waals surface area contributed by atoms with Crippen LogP contribution in [0.1, 0.15) is 28.8 Å². The number of benzene rings is 1. The summed E-state index contributed by atoms with van der Waals surface area (Å²) in [5, 5.41) is 9.44. The van der Waals surface area contributed by atoms with Gasteiger partial charge in [0.15, 0.2) is 0 Å². The summed E-state index contributed by atoms with van der Waals surface area (Å²) in [6.07, 6.45) is 2.36. The number of hydrogen-bond acceptors (Lipinski definition) is 3. The third kappa shape index (κ3) is 3.55. The molecule has 0 saturated carbocycles. The highest BCUT2D eigenvalue weighted by molar-refractivity contribution is 5.94. The molecule has 1 heterocycles. The lowest BCUT2D eigenvalue weighted by atomic mass is 10.1. The Labute approximate surface area is 108 Å². The normalized spacial score (nSPS) is 18.8. The van der Waals surface area contributed by atoms with Crippen molar-refractivity contribution in [3.05, 3.63) is 35.4 Å². The first-order valence-electron chi connectivity index (χ1n) is 6.54. The second-order valence-corrected chi connectivity index (χ2v) is 4.73. The maximum atomic E-state index is 12.0. The van der Waals surface area contributed by atoms with Gasteiger partial charge in [-0.3, -0.25) is 4.79 Å². The van der Waals surface area contributed by atoms with Crippen LogP contribution in [0.25, 0.3) is 0 Å². The molecule has 0 aliphatic carbocycles. The van der Waals surface area contributed by atoms with E-state index in [0.29, 0.717) is 6.04 Å². The van der Waals surface area contributed by atoms with E-state index in [1.165, 1.54) is 6.42 Å². The number of carbonyl (C=O) groups is 1. The molecule has 1 fully saturated rings. The maximum Gasteiger partial charge on any atom is 0.251 e. The molecule has 1 aliphatic rings. The Balaban J connectivity index is 1.89. The van der Waals surface area contributed by atoms with Crippen molar-refractivity contribution in [2.75, 3.05) is 20.1 Å². The van der Waals surface area contributed by atoms with Crippen LogP contribution in [0.15, 0.2) is 24.3 Å². The summed E-state index contributed by atoms with van der Waals surface area (Å²) in [5.41, 5.74) is 1.87. The fourth-order valence-corrected chi connectivity index (χ4v) is 2.28. The van der Waals surface area contributed by atoms with Crippen molar-refractivity contribution in [1.82, 2.24) is 16.0 Å². The van der Waals surface area contributed by atoms with E-state index in [4.69, 9.17) is 0 Å². The molecule has 3 N–H and O–H groups in total. The Hall–Kier alpha value is -1.39. The Bertz CT molecular complexity index is 400. The van der Waals surface area contributed by atoms with Gasteiger partial charge in [0.1, 0.15) is 0 Å². The number of carbonyl (C=O) groups excluding carboxylic acids is 1. The average Bonchev–Trinajstić information content (AvgIpc) is 2.90. The van der Waals surface area contributed by atoms with Crippen LogP contribution in [0.5, 0.6) is 0 Å². The van der Waals surface area contributed by atoms with Gasteiger partial charge in [0.2, 0.25) is 0 Å². The van der Waals surface area contributed by atoms with Crippen molar-refractivity contribution in [2.24, 2.45) is 0 Å². The van der Waals surface area contributed by atoms with Crippen molar-refractivity contribution < 1.29 is 4.79 Å². The smallest absolute Gasteiger partial charge is 0.251 e. The monoisotopic (exact) mass is 247 g/mol. The molecule has 4 heteroatoms.